The summed E-state index contributed by atoms with van der Waals surface area (Å²) in [5.74, 6) is -1.97. The maximum atomic E-state index is 12.0. The first-order valence-corrected chi connectivity index (χ1v) is 10.6. The zero-order valence-corrected chi connectivity index (χ0v) is 20.2. The number of fused-ring (bicyclic) bond motifs is 1. The van der Waals surface area contributed by atoms with E-state index < -0.39 is 23.3 Å². The van der Waals surface area contributed by atoms with Gasteiger partial charge in [-0.05, 0) is 35.3 Å². The first-order valence-electron chi connectivity index (χ1n) is 9.37. The summed E-state index contributed by atoms with van der Waals surface area (Å²) in [6.45, 7) is 5.52. The van der Waals surface area contributed by atoms with E-state index in [0.717, 1.165) is 0 Å². The predicted molar refractivity (Wildman–Crippen MR) is 117 cm³/mol. The van der Waals surface area contributed by atoms with E-state index in [-0.39, 0.29) is 18.8 Å². The molecule has 0 saturated carbocycles. The maximum absolute atomic E-state index is 12.0. The lowest BCUT2D eigenvalue weighted by molar-refractivity contribution is -0.142. The highest BCUT2D eigenvalue weighted by Crippen LogP contribution is 2.23. The largest absolute Gasteiger partial charge is 0.468 e. The molecule has 31 heavy (non-hydrogen) atoms. The van der Waals surface area contributed by atoms with E-state index in [9.17, 15) is 19.2 Å². The predicted octanol–water partition coefficient (Wildman–Crippen LogP) is 3.37. The minimum absolute atomic E-state index is 0.253. The van der Waals surface area contributed by atoms with Crippen LogP contribution in [0.1, 0.15) is 53.7 Å². The van der Waals surface area contributed by atoms with Gasteiger partial charge in [0.25, 0.3) is 0 Å². The number of alkyl halides is 1. The Hall–Kier alpha value is -2.46. The molecular weight excluding hydrogens is 496 g/mol. The van der Waals surface area contributed by atoms with Crippen LogP contribution >= 0.6 is 27.5 Å². The van der Waals surface area contributed by atoms with E-state index in [1.165, 1.54) is 14.2 Å². The molecule has 1 unspecified atom stereocenters. The number of Topliss-reactive ketones (excluding diaryl/α,β-unsaturated/α-hetero) is 1. The van der Waals surface area contributed by atoms with E-state index in [0.29, 0.717) is 33.5 Å². The standard InChI is InChI=1S/C14H15BrN2O4.C6H9ClO3/c1-4-10-11(14(19)20-3)17-7-8(15)6-9(12(17)16-10)13(18)21-5-2;1-3-4(8)5(7)6(9)10-2/h6-7H,4-5H2,1-3H3;5H,3H2,1-2H3. The molecule has 1 atom stereocenters. The van der Waals surface area contributed by atoms with Gasteiger partial charge in [0.1, 0.15) is 5.56 Å². The molecule has 0 amide bonds. The highest BCUT2D eigenvalue weighted by Gasteiger charge is 2.24. The fourth-order valence-corrected chi connectivity index (χ4v) is 3.17. The van der Waals surface area contributed by atoms with Crippen LogP contribution in [0, 0.1) is 0 Å². The van der Waals surface area contributed by atoms with Gasteiger partial charge in [0.2, 0.25) is 0 Å². The number of hydrogen-bond donors (Lipinski definition) is 0. The number of rotatable bonds is 7. The molecule has 0 aliphatic heterocycles. The molecule has 2 heterocycles. The Kier molecular flexibility index (Phi) is 10.6. The van der Waals surface area contributed by atoms with Crippen LogP contribution in [0.2, 0.25) is 0 Å². The summed E-state index contributed by atoms with van der Waals surface area (Å²) in [5, 5.41) is -1.13. The summed E-state index contributed by atoms with van der Waals surface area (Å²) in [5.41, 5.74) is 1.58. The molecule has 2 rings (SSSR count). The lowest BCUT2D eigenvalue weighted by Crippen LogP contribution is -2.24. The van der Waals surface area contributed by atoms with Crippen LogP contribution in [0.25, 0.3) is 5.65 Å². The van der Waals surface area contributed by atoms with Crippen LogP contribution in [0.5, 0.6) is 0 Å². The average Bonchev–Trinajstić information content (AvgIpc) is 3.15. The number of pyridine rings is 1. The number of esters is 3. The molecule has 11 heteroatoms. The first kappa shape index (κ1) is 26.6. The number of aryl methyl sites for hydroxylation is 1. The number of methoxy groups -OCH3 is 2. The van der Waals surface area contributed by atoms with Gasteiger partial charge in [0.15, 0.2) is 22.5 Å². The third kappa shape index (κ3) is 6.51. The van der Waals surface area contributed by atoms with E-state index in [2.05, 4.69) is 25.7 Å². The van der Waals surface area contributed by atoms with Crippen molar-refractivity contribution < 1.29 is 33.4 Å². The van der Waals surface area contributed by atoms with Crippen molar-refractivity contribution in [1.29, 1.82) is 0 Å². The molecule has 2 aromatic heterocycles. The highest BCUT2D eigenvalue weighted by molar-refractivity contribution is 9.10. The molecule has 0 aromatic carbocycles. The number of aromatic nitrogens is 2. The molecule has 0 radical (unpaired) electrons. The van der Waals surface area contributed by atoms with E-state index in [4.69, 9.17) is 21.1 Å². The SMILES string of the molecule is CCC(=O)C(Cl)C(=O)OC.CCOC(=O)c1cc(Br)cn2c(C(=O)OC)c(CC)nc12. The van der Waals surface area contributed by atoms with Crippen LogP contribution in [0.3, 0.4) is 0 Å². The summed E-state index contributed by atoms with van der Waals surface area (Å²) < 4.78 is 16.3. The van der Waals surface area contributed by atoms with Gasteiger partial charge in [0.05, 0.1) is 26.5 Å². The van der Waals surface area contributed by atoms with Crippen LogP contribution in [-0.2, 0) is 30.2 Å². The van der Waals surface area contributed by atoms with Crippen LogP contribution < -0.4 is 0 Å². The molecule has 0 fully saturated rings. The smallest absolute Gasteiger partial charge is 0.357 e. The summed E-state index contributed by atoms with van der Waals surface area (Å²) in [6, 6.07) is 1.63. The van der Waals surface area contributed by atoms with Gasteiger partial charge in [-0.25, -0.2) is 19.4 Å². The van der Waals surface area contributed by atoms with Crippen molar-refractivity contribution in [3.05, 3.63) is 33.7 Å². The van der Waals surface area contributed by atoms with Gasteiger partial charge < -0.3 is 14.2 Å². The van der Waals surface area contributed by atoms with Gasteiger partial charge in [-0.2, -0.15) is 0 Å². The van der Waals surface area contributed by atoms with Gasteiger partial charge in [0, 0.05) is 17.1 Å². The van der Waals surface area contributed by atoms with Crippen molar-refractivity contribution in [2.45, 2.75) is 39.0 Å². The monoisotopic (exact) mass is 518 g/mol. The molecule has 170 valence electrons. The van der Waals surface area contributed by atoms with Crippen molar-refractivity contribution >= 4 is 56.9 Å². The molecule has 0 spiro atoms. The normalized spacial score (nSPS) is 11.2. The average molecular weight is 520 g/mol. The van der Waals surface area contributed by atoms with Crippen LogP contribution in [0.4, 0.5) is 0 Å². The maximum Gasteiger partial charge on any atom is 0.357 e. The van der Waals surface area contributed by atoms with Crippen LogP contribution in [-0.4, -0.2) is 59.3 Å². The number of ether oxygens (including phenoxy) is 3. The van der Waals surface area contributed by atoms with Crippen molar-refractivity contribution in [1.82, 2.24) is 9.38 Å². The van der Waals surface area contributed by atoms with Crippen molar-refractivity contribution in [2.24, 2.45) is 0 Å². The second kappa shape index (κ2) is 12.4. The molecule has 0 aliphatic rings. The Bertz CT molecular complexity index is 958. The second-order valence-corrected chi connectivity index (χ2v) is 7.30. The second-order valence-electron chi connectivity index (χ2n) is 5.94. The van der Waals surface area contributed by atoms with Gasteiger partial charge >= 0.3 is 17.9 Å². The minimum atomic E-state index is -1.13. The molecule has 2 aromatic rings. The van der Waals surface area contributed by atoms with E-state index in [1.54, 1.807) is 30.5 Å². The Morgan fingerprint density at radius 1 is 1.13 bits per heavy atom. The molecule has 0 aliphatic carbocycles. The molecule has 0 N–H and O–H groups in total. The third-order valence-electron chi connectivity index (χ3n) is 4.01. The summed E-state index contributed by atoms with van der Waals surface area (Å²) >= 11 is 8.69. The fourth-order valence-electron chi connectivity index (χ4n) is 2.49. The molecule has 0 bridgehead atoms. The Morgan fingerprint density at radius 3 is 2.26 bits per heavy atom. The quantitative estimate of drug-likeness (QED) is 0.237. The van der Waals surface area contributed by atoms with Crippen molar-refractivity contribution in [2.75, 3.05) is 20.8 Å². The molecule has 9 nitrogen and oxygen atoms in total. The number of carbonyl (C=O) groups excluding carboxylic acids is 4. The minimum Gasteiger partial charge on any atom is -0.468 e. The number of imidazole rings is 1. The van der Waals surface area contributed by atoms with Gasteiger partial charge in [-0.15, -0.1) is 11.6 Å². The first-order chi connectivity index (χ1) is 14.7. The number of ketones is 1. The van der Waals surface area contributed by atoms with Crippen LogP contribution in [0.15, 0.2) is 16.7 Å². The van der Waals surface area contributed by atoms with Crippen molar-refractivity contribution in [3.8, 4) is 0 Å². The number of nitrogens with zero attached hydrogens (tertiary/aromatic N) is 2. The van der Waals surface area contributed by atoms with E-state index in [1.807, 2.05) is 6.92 Å². The van der Waals surface area contributed by atoms with Crippen molar-refractivity contribution in [3.63, 3.8) is 0 Å². The highest BCUT2D eigenvalue weighted by atomic mass is 79.9. The molecule has 0 saturated heterocycles. The lowest BCUT2D eigenvalue weighted by Gasteiger charge is -2.06. The molecular formula is C20H24BrClN2O7. The number of carbonyl (C=O) groups is 4. The fraction of sp³-hybridized carbons (Fsp3) is 0.450. The zero-order valence-electron chi connectivity index (χ0n) is 17.9. The Morgan fingerprint density at radius 2 is 1.77 bits per heavy atom. The van der Waals surface area contributed by atoms with Gasteiger partial charge in [-0.3, -0.25) is 9.20 Å². The Labute approximate surface area is 193 Å². The number of hydrogen-bond acceptors (Lipinski definition) is 8. The number of halogens is 2. The summed E-state index contributed by atoms with van der Waals surface area (Å²) in [7, 11) is 2.51. The lowest BCUT2D eigenvalue weighted by atomic mass is 10.2. The Balaban J connectivity index is 0.000000407. The third-order valence-corrected chi connectivity index (χ3v) is 4.86. The summed E-state index contributed by atoms with van der Waals surface area (Å²) in [4.78, 5) is 49.6. The summed E-state index contributed by atoms with van der Waals surface area (Å²) in [6.07, 6.45) is 2.48. The zero-order chi connectivity index (χ0) is 23.7. The van der Waals surface area contributed by atoms with Gasteiger partial charge in [-0.1, -0.05) is 13.8 Å². The van der Waals surface area contributed by atoms with E-state index >= 15 is 0 Å². The topological polar surface area (TPSA) is 113 Å².